The number of thioether (sulfide) groups is 1. The van der Waals surface area contributed by atoms with Crippen LogP contribution in [-0.4, -0.2) is 17.6 Å². The molecule has 2 aromatic rings. The zero-order valence-electron chi connectivity index (χ0n) is 13.5. The number of halogens is 1. The van der Waals surface area contributed by atoms with Gasteiger partial charge >= 0.3 is 0 Å². The molecule has 0 aliphatic heterocycles. The van der Waals surface area contributed by atoms with E-state index < -0.39 is 0 Å². The van der Waals surface area contributed by atoms with Crippen molar-refractivity contribution in [3.8, 4) is 0 Å². The van der Waals surface area contributed by atoms with Crippen molar-refractivity contribution in [2.45, 2.75) is 18.7 Å². The molecule has 0 fully saturated rings. The Morgan fingerprint density at radius 1 is 1.00 bits per heavy atom. The molecule has 24 heavy (non-hydrogen) atoms. The summed E-state index contributed by atoms with van der Waals surface area (Å²) in [4.78, 5) is 24.5. The second-order valence-electron chi connectivity index (χ2n) is 5.49. The summed E-state index contributed by atoms with van der Waals surface area (Å²) in [7, 11) is 0. The quantitative estimate of drug-likeness (QED) is 0.734. The van der Waals surface area contributed by atoms with Crippen LogP contribution in [0.25, 0.3) is 0 Å². The highest BCUT2D eigenvalue weighted by Crippen LogP contribution is 2.26. The smallest absolute Gasteiger partial charge is 0.234 e. The van der Waals surface area contributed by atoms with Crippen LogP contribution in [0.4, 0.5) is 11.4 Å². The molecule has 0 radical (unpaired) electrons. The van der Waals surface area contributed by atoms with Crippen molar-refractivity contribution in [2.75, 3.05) is 16.4 Å². The summed E-state index contributed by atoms with van der Waals surface area (Å²) in [6.07, 6.45) is 0. The van der Waals surface area contributed by atoms with E-state index in [4.69, 9.17) is 11.6 Å². The molecule has 0 saturated heterocycles. The van der Waals surface area contributed by atoms with Crippen molar-refractivity contribution in [1.82, 2.24) is 0 Å². The van der Waals surface area contributed by atoms with Crippen molar-refractivity contribution in [2.24, 2.45) is 5.92 Å². The molecule has 2 aromatic carbocycles. The predicted octanol–water partition coefficient (Wildman–Crippen LogP) is 4.67. The fraction of sp³-hybridized carbons (Fsp3) is 0.222. The minimum Gasteiger partial charge on any atom is -0.326 e. The van der Waals surface area contributed by atoms with Crippen LogP contribution in [-0.2, 0) is 9.59 Å². The molecule has 126 valence electrons. The molecule has 0 aliphatic carbocycles. The van der Waals surface area contributed by atoms with Gasteiger partial charge in [0.15, 0.2) is 0 Å². The molecule has 0 aliphatic rings. The molecule has 6 heteroatoms. The van der Waals surface area contributed by atoms with Gasteiger partial charge < -0.3 is 10.6 Å². The lowest BCUT2D eigenvalue weighted by Gasteiger charge is -2.09. The molecule has 2 amide bonds. The largest absolute Gasteiger partial charge is 0.326 e. The number of carbonyl (C=O) groups is 2. The maximum atomic E-state index is 12.0. The lowest BCUT2D eigenvalue weighted by molar-refractivity contribution is -0.119. The van der Waals surface area contributed by atoms with Gasteiger partial charge in [0.25, 0.3) is 0 Å². The Hall–Kier alpha value is -1.98. The zero-order chi connectivity index (χ0) is 17.5. The maximum Gasteiger partial charge on any atom is 0.234 e. The summed E-state index contributed by atoms with van der Waals surface area (Å²) < 4.78 is 0. The van der Waals surface area contributed by atoms with Crippen LogP contribution in [0.15, 0.2) is 53.4 Å². The van der Waals surface area contributed by atoms with Gasteiger partial charge in [0.05, 0.1) is 10.8 Å². The highest BCUT2D eigenvalue weighted by atomic mass is 35.5. The molecule has 0 spiro atoms. The first kappa shape index (κ1) is 18.4. The Morgan fingerprint density at radius 2 is 1.58 bits per heavy atom. The average Bonchev–Trinajstić information content (AvgIpc) is 2.56. The van der Waals surface area contributed by atoms with Gasteiger partial charge in [-0.2, -0.15) is 0 Å². The van der Waals surface area contributed by atoms with E-state index in [-0.39, 0.29) is 23.5 Å². The van der Waals surface area contributed by atoms with Gasteiger partial charge in [-0.3, -0.25) is 9.59 Å². The van der Waals surface area contributed by atoms with Gasteiger partial charge in [0.1, 0.15) is 0 Å². The second kappa shape index (κ2) is 8.76. The molecule has 2 rings (SSSR count). The van der Waals surface area contributed by atoms with Gasteiger partial charge in [-0.15, -0.1) is 11.8 Å². The van der Waals surface area contributed by atoms with E-state index in [1.165, 1.54) is 11.8 Å². The van der Waals surface area contributed by atoms with Crippen LogP contribution in [0, 0.1) is 5.92 Å². The molecular weight excluding hydrogens is 344 g/mol. The van der Waals surface area contributed by atoms with Gasteiger partial charge in [0.2, 0.25) is 11.8 Å². The summed E-state index contributed by atoms with van der Waals surface area (Å²) in [6, 6.07) is 14.5. The highest BCUT2D eigenvalue weighted by molar-refractivity contribution is 8.00. The number of benzene rings is 2. The topological polar surface area (TPSA) is 58.2 Å². The summed E-state index contributed by atoms with van der Waals surface area (Å²) >= 11 is 7.45. The molecule has 0 heterocycles. The van der Waals surface area contributed by atoms with Crippen LogP contribution < -0.4 is 10.6 Å². The predicted molar refractivity (Wildman–Crippen MR) is 101 cm³/mol. The molecule has 0 bridgehead atoms. The molecule has 4 nitrogen and oxygen atoms in total. The van der Waals surface area contributed by atoms with E-state index in [1.807, 2.05) is 32.0 Å². The summed E-state index contributed by atoms with van der Waals surface area (Å²) in [5.41, 5.74) is 1.39. The number of carbonyl (C=O) groups excluding carboxylic acids is 2. The minimum atomic E-state index is -0.112. The van der Waals surface area contributed by atoms with Crippen LogP contribution in [0.5, 0.6) is 0 Å². The van der Waals surface area contributed by atoms with Crippen molar-refractivity contribution in [3.05, 3.63) is 53.6 Å². The Morgan fingerprint density at radius 3 is 2.17 bits per heavy atom. The highest BCUT2D eigenvalue weighted by Gasteiger charge is 2.08. The SMILES string of the molecule is CC(C)C(=O)Nc1ccc(NC(=O)CSc2ccccc2Cl)cc1. The second-order valence-corrected chi connectivity index (χ2v) is 6.91. The van der Waals surface area contributed by atoms with E-state index in [1.54, 1.807) is 30.3 Å². The number of nitrogens with one attached hydrogen (secondary N) is 2. The summed E-state index contributed by atoms with van der Waals surface area (Å²) in [5, 5.41) is 6.26. The third-order valence-corrected chi connectivity index (χ3v) is 4.67. The fourth-order valence-corrected chi connectivity index (χ4v) is 2.86. The monoisotopic (exact) mass is 362 g/mol. The zero-order valence-corrected chi connectivity index (χ0v) is 15.1. The number of anilines is 2. The Labute approximate surface area is 151 Å². The van der Waals surface area contributed by atoms with Gasteiger partial charge in [-0.05, 0) is 36.4 Å². The first-order valence-electron chi connectivity index (χ1n) is 7.54. The molecule has 0 unspecified atom stereocenters. The normalized spacial score (nSPS) is 10.5. The number of amides is 2. The van der Waals surface area contributed by atoms with Gasteiger partial charge in [-0.25, -0.2) is 0 Å². The molecule has 0 aromatic heterocycles. The van der Waals surface area contributed by atoms with Crippen molar-refractivity contribution < 1.29 is 9.59 Å². The van der Waals surface area contributed by atoms with Crippen LogP contribution in [0.1, 0.15) is 13.8 Å². The average molecular weight is 363 g/mol. The van der Waals surface area contributed by atoms with E-state index in [0.717, 1.165) is 4.90 Å². The Balaban J connectivity index is 1.86. The van der Waals surface area contributed by atoms with Gasteiger partial charge in [-0.1, -0.05) is 37.6 Å². The number of hydrogen-bond acceptors (Lipinski definition) is 3. The fourth-order valence-electron chi connectivity index (χ4n) is 1.83. The molecule has 2 N–H and O–H groups in total. The lowest BCUT2D eigenvalue weighted by atomic mass is 10.2. The van der Waals surface area contributed by atoms with Crippen molar-refractivity contribution >= 4 is 46.6 Å². The Bertz CT molecular complexity index is 717. The standard InChI is InChI=1S/C18H19ClN2O2S/c1-12(2)18(23)21-14-9-7-13(8-10-14)20-17(22)11-24-16-6-4-3-5-15(16)19/h3-10,12H,11H2,1-2H3,(H,20,22)(H,21,23). The van der Waals surface area contributed by atoms with Gasteiger partial charge in [0, 0.05) is 22.2 Å². The minimum absolute atomic E-state index is 0.0390. The maximum absolute atomic E-state index is 12.0. The van der Waals surface area contributed by atoms with Crippen LogP contribution in [0.3, 0.4) is 0 Å². The lowest BCUT2D eigenvalue weighted by Crippen LogP contribution is -2.18. The van der Waals surface area contributed by atoms with E-state index in [0.29, 0.717) is 16.4 Å². The van der Waals surface area contributed by atoms with Crippen molar-refractivity contribution in [1.29, 1.82) is 0 Å². The number of hydrogen-bond donors (Lipinski definition) is 2. The van der Waals surface area contributed by atoms with Crippen LogP contribution in [0.2, 0.25) is 5.02 Å². The summed E-state index contributed by atoms with van der Waals surface area (Å²) in [5.74, 6) is 0.0447. The summed E-state index contributed by atoms with van der Waals surface area (Å²) in [6.45, 7) is 3.67. The third kappa shape index (κ3) is 5.58. The number of rotatable bonds is 6. The first-order valence-corrected chi connectivity index (χ1v) is 8.90. The van der Waals surface area contributed by atoms with Crippen molar-refractivity contribution in [3.63, 3.8) is 0 Å². The molecule has 0 atom stereocenters. The third-order valence-electron chi connectivity index (χ3n) is 3.16. The molecular formula is C18H19ClN2O2S. The van der Waals surface area contributed by atoms with E-state index >= 15 is 0 Å². The first-order chi connectivity index (χ1) is 11.5. The van der Waals surface area contributed by atoms with Crippen LogP contribution >= 0.6 is 23.4 Å². The Kier molecular flexibility index (Phi) is 6.70. The molecule has 0 saturated carbocycles. The van der Waals surface area contributed by atoms with E-state index in [2.05, 4.69) is 10.6 Å². The van der Waals surface area contributed by atoms with E-state index in [9.17, 15) is 9.59 Å².